The third-order valence-electron chi connectivity index (χ3n) is 10.4. The van der Waals surface area contributed by atoms with Gasteiger partial charge in [-0.2, -0.15) is 0 Å². The molecule has 45 heavy (non-hydrogen) atoms. The topological polar surface area (TPSA) is 75.7 Å². The highest BCUT2D eigenvalue weighted by atomic mass is 79.9. The minimum absolute atomic E-state index is 0.132. The van der Waals surface area contributed by atoms with Crippen molar-refractivity contribution in [2.75, 3.05) is 4.90 Å². The Kier molecular flexibility index (Phi) is 6.90. The van der Waals surface area contributed by atoms with E-state index in [0.717, 1.165) is 43.5 Å². The first kappa shape index (κ1) is 28.3. The van der Waals surface area contributed by atoms with E-state index in [2.05, 4.69) is 51.6 Å². The van der Waals surface area contributed by atoms with Crippen molar-refractivity contribution >= 4 is 56.3 Å². The number of carbonyl (C=O) groups excluding carboxylic acids is 3. The number of barbiturate groups is 1. The number of nitrogens with one attached hydrogen (secondary N) is 1. The average Bonchev–Trinajstić information content (AvgIpc) is 3.02. The zero-order valence-electron chi connectivity index (χ0n) is 24.8. The first-order valence-electron chi connectivity index (χ1n) is 15.8. The van der Waals surface area contributed by atoms with Crippen molar-refractivity contribution < 1.29 is 19.1 Å². The van der Waals surface area contributed by atoms with Gasteiger partial charge in [-0.1, -0.05) is 70.5 Å². The van der Waals surface area contributed by atoms with Crippen LogP contribution in [0, 0.1) is 17.8 Å². The van der Waals surface area contributed by atoms with Crippen molar-refractivity contribution in [3.05, 3.63) is 112 Å². The van der Waals surface area contributed by atoms with Gasteiger partial charge in [0.15, 0.2) is 0 Å². The molecular weight excluding hydrogens is 628 g/mol. The maximum atomic E-state index is 13.8. The lowest BCUT2D eigenvalue weighted by atomic mass is 9.48. The molecule has 4 aliphatic carbocycles. The number of benzene rings is 4. The van der Waals surface area contributed by atoms with Crippen molar-refractivity contribution in [3.63, 3.8) is 0 Å². The number of amides is 4. The summed E-state index contributed by atoms with van der Waals surface area (Å²) in [6.07, 6.45) is 9.33. The van der Waals surface area contributed by atoms with Crippen LogP contribution in [0.4, 0.5) is 10.5 Å². The fraction of sp³-hybridized carbons (Fsp3) is 0.289. The molecule has 1 saturated heterocycles. The van der Waals surface area contributed by atoms with E-state index in [9.17, 15) is 14.4 Å². The van der Waals surface area contributed by atoms with Gasteiger partial charge in [-0.25, -0.2) is 9.69 Å². The number of fused-ring (bicyclic) bond motifs is 1. The lowest BCUT2D eigenvalue weighted by molar-refractivity contribution is -0.122. The van der Waals surface area contributed by atoms with E-state index in [1.807, 2.05) is 42.5 Å². The molecule has 1 heterocycles. The van der Waals surface area contributed by atoms with Crippen molar-refractivity contribution in [2.24, 2.45) is 17.8 Å². The molecule has 4 saturated carbocycles. The molecule has 4 aromatic carbocycles. The van der Waals surface area contributed by atoms with Gasteiger partial charge < -0.3 is 4.74 Å². The van der Waals surface area contributed by atoms with Gasteiger partial charge in [0.2, 0.25) is 0 Å². The number of imide groups is 2. The fourth-order valence-electron chi connectivity index (χ4n) is 8.81. The van der Waals surface area contributed by atoms with Gasteiger partial charge in [0, 0.05) is 10.0 Å². The maximum absolute atomic E-state index is 13.8. The minimum Gasteiger partial charge on any atom is -0.488 e. The molecule has 4 aromatic rings. The van der Waals surface area contributed by atoms with E-state index >= 15 is 0 Å². The lowest BCUT2D eigenvalue weighted by Crippen LogP contribution is -2.54. The molecular formula is C38H33BrN2O4. The molecule has 4 bridgehead atoms. The third kappa shape index (κ3) is 5.07. The van der Waals surface area contributed by atoms with E-state index in [-0.39, 0.29) is 11.0 Å². The van der Waals surface area contributed by atoms with Crippen molar-refractivity contribution in [2.45, 2.75) is 50.5 Å². The number of hydrogen-bond donors (Lipinski definition) is 1. The van der Waals surface area contributed by atoms with Crippen LogP contribution in [0.15, 0.2) is 95.0 Å². The summed E-state index contributed by atoms with van der Waals surface area (Å²) in [7, 11) is 0. The Morgan fingerprint density at radius 1 is 0.844 bits per heavy atom. The predicted octanol–water partition coefficient (Wildman–Crippen LogP) is 8.32. The van der Waals surface area contributed by atoms with Crippen LogP contribution < -0.4 is 15.0 Å². The molecule has 0 unspecified atom stereocenters. The normalized spacial score (nSPS) is 26.5. The van der Waals surface area contributed by atoms with Crippen LogP contribution in [0.1, 0.15) is 55.2 Å². The van der Waals surface area contributed by atoms with Crippen LogP contribution in [0.2, 0.25) is 0 Å². The highest BCUT2D eigenvalue weighted by Gasteiger charge is 2.51. The Labute approximate surface area is 270 Å². The van der Waals surface area contributed by atoms with E-state index in [1.54, 1.807) is 12.1 Å². The second kappa shape index (κ2) is 11.0. The number of nitrogens with zero attached hydrogens (tertiary/aromatic N) is 1. The molecule has 0 spiro atoms. The largest absolute Gasteiger partial charge is 0.488 e. The smallest absolute Gasteiger partial charge is 0.335 e. The molecule has 0 aromatic heterocycles. The van der Waals surface area contributed by atoms with E-state index in [0.29, 0.717) is 23.6 Å². The molecule has 0 radical (unpaired) electrons. The number of halogens is 1. The zero-order chi connectivity index (χ0) is 30.7. The third-order valence-corrected chi connectivity index (χ3v) is 10.9. The Morgan fingerprint density at radius 2 is 1.53 bits per heavy atom. The summed E-state index contributed by atoms with van der Waals surface area (Å²) in [5.74, 6) is 1.59. The SMILES string of the molecule is O=C1NC(=O)N(c2ccc(C34CC5CC(CC(C5)C3)C4)cc2)C(=O)/C1=C/c1cc(Br)ccc1OCc1cccc2ccccc12. The van der Waals surface area contributed by atoms with Crippen LogP contribution in [0.5, 0.6) is 5.75 Å². The summed E-state index contributed by atoms with van der Waals surface area (Å²) in [4.78, 5) is 40.9. The zero-order valence-corrected chi connectivity index (χ0v) is 26.4. The molecule has 7 heteroatoms. The minimum atomic E-state index is -0.744. The van der Waals surface area contributed by atoms with Crippen molar-refractivity contribution in [1.82, 2.24) is 5.32 Å². The summed E-state index contributed by atoms with van der Waals surface area (Å²) < 4.78 is 7.02. The Bertz CT molecular complexity index is 1860. The summed E-state index contributed by atoms with van der Waals surface area (Å²) in [5, 5.41) is 4.59. The molecule has 9 rings (SSSR count). The number of ether oxygens (including phenoxy) is 1. The molecule has 6 nitrogen and oxygen atoms in total. The Hall–Kier alpha value is -4.23. The first-order valence-corrected chi connectivity index (χ1v) is 16.6. The second-order valence-electron chi connectivity index (χ2n) is 13.3. The van der Waals surface area contributed by atoms with Gasteiger partial charge in [-0.15, -0.1) is 0 Å². The highest BCUT2D eigenvalue weighted by Crippen LogP contribution is 2.60. The molecule has 5 aliphatic rings. The highest BCUT2D eigenvalue weighted by molar-refractivity contribution is 9.10. The first-order chi connectivity index (χ1) is 21.8. The molecule has 1 aliphatic heterocycles. The summed E-state index contributed by atoms with van der Waals surface area (Å²) in [6.45, 7) is 0.306. The van der Waals surface area contributed by atoms with Crippen molar-refractivity contribution in [1.29, 1.82) is 0 Å². The standard InChI is InChI=1S/C38H33BrN2O4/c39-30-10-13-34(45-22-27-6-3-5-26-4-1-2-7-32(26)27)28(17-30)18-33-35(42)40-37(44)41(36(33)43)31-11-8-29(9-12-31)38-19-23-14-24(20-38)16-25(15-23)21-38/h1-13,17-18,23-25H,14-16,19-22H2,(H,40,42,44)/b33-18+. The number of hydrogen-bond acceptors (Lipinski definition) is 4. The average molecular weight is 662 g/mol. The van der Waals surface area contributed by atoms with E-state index < -0.39 is 17.8 Å². The van der Waals surface area contributed by atoms with Gasteiger partial charge in [-0.05, 0) is 120 Å². The van der Waals surface area contributed by atoms with Crippen LogP contribution >= 0.6 is 15.9 Å². The van der Waals surface area contributed by atoms with Crippen LogP contribution in [-0.4, -0.2) is 17.8 Å². The lowest BCUT2D eigenvalue weighted by Gasteiger charge is -2.57. The number of anilines is 1. The number of urea groups is 1. The van der Waals surface area contributed by atoms with Crippen LogP contribution in [0.3, 0.4) is 0 Å². The Balaban J connectivity index is 1.07. The van der Waals surface area contributed by atoms with Gasteiger partial charge in [0.25, 0.3) is 11.8 Å². The molecule has 226 valence electrons. The van der Waals surface area contributed by atoms with Gasteiger partial charge >= 0.3 is 6.03 Å². The Morgan fingerprint density at radius 3 is 2.27 bits per heavy atom. The fourth-order valence-corrected chi connectivity index (χ4v) is 9.19. The molecule has 4 amide bonds. The number of carbonyl (C=O) groups is 3. The van der Waals surface area contributed by atoms with Crippen LogP contribution in [-0.2, 0) is 21.6 Å². The molecule has 0 atom stereocenters. The van der Waals surface area contributed by atoms with Gasteiger partial charge in [0.1, 0.15) is 17.9 Å². The molecule has 1 N–H and O–H groups in total. The quantitative estimate of drug-likeness (QED) is 0.167. The van der Waals surface area contributed by atoms with E-state index in [1.165, 1.54) is 50.2 Å². The molecule has 5 fully saturated rings. The van der Waals surface area contributed by atoms with Gasteiger partial charge in [0.05, 0.1) is 5.69 Å². The summed E-state index contributed by atoms with van der Waals surface area (Å²) in [6, 6.07) is 26.8. The maximum Gasteiger partial charge on any atom is 0.335 e. The van der Waals surface area contributed by atoms with Crippen molar-refractivity contribution in [3.8, 4) is 5.75 Å². The summed E-state index contributed by atoms with van der Waals surface area (Å²) in [5.41, 5.74) is 3.42. The predicted molar refractivity (Wildman–Crippen MR) is 178 cm³/mol. The van der Waals surface area contributed by atoms with E-state index in [4.69, 9.17) is 4.74 Å². The van der Waals surface area contributed by atoms with Crippen LogP contribution in [0.25, 0.3) is 16.8 Å². The second-order valence-corrected chi connectivity index (χ2v) is 14.2. The monoisotopic (exact) mass is 660 g/mol. The van der Waals surface area contributed by atoms with Gasteiger partial charge in [-0.3, -0.25) is 14.9 Å². The summed E-state index contributed by atoms with van der Waals surface area (Å²) >= 11 is 3.51. The number of rotatable bonds is 6.